The highest BCUT2D eigenvalue weighted by molar-refractivity contribution is 7.89. The van der Waals surface area contributed by atoms with E-state index in [0.29, 0.717) is 10.0 Å². The molecule has 0 spiro atoms. The van der Waals surface area contributed by atoms with Gasteiger partial charge in [-0.15, -0.1) is 11.3 Å². The lowest BCUT2D eigenvalue weighted by molar-refractivity contribution is 0.470. The number of benzene rings is 1. The highest BCUT2D eigenvalue weighted by atomic mass is 35.5. The van der Waals surface area contributed by atoms with E-state index in [0.717, 1.165) is 0 Å². The first-order valence-electron chi connectivity index (χ1n) is 5.51. The predicted octanol–water partition coefficient (Wildman–Crippen LogP) is 3.01. The maximum Gasteiger partial charge on any atom is 0.241 e. The lowest BCUT2D eigenvalue weighted by atomic mass is 10.1. The first-order valence-corrected chi connectivity index (χ1v) is 8.25. The van der Waals surface area contributed by atoms with Gasteiger partial charge in [0.1, 0.15) is 5.01 Å². The highest BCUT2D eigenvalue weighted by Gasteiger charge is 2.30. The molecule has 0 atom stereocenters. The minimum Gasteiger partial charge on any atom is -0.248 e. The maximum atomic E-state index is 12.3. The predicted molar refractivity (Wildman–Crippen MR) is 76.9 cm³/mol. The third-order valence-corrected chi connectivity index (χ3v) is 5.45. The molecule has 0 aliphatic heterocycles. The molecule has 19 heavy (non-hydrogen) atoms. The molecule has 0 bridgehead atoms. The van der Waals surface area contributed by atoms with E-state index in [9.17, 15) is 8.42 Å². The molecular formula is C12H13ClN2O2S2. The van der Waals surface area contributed by atoms with Gasteiger partial charge in [-0.2, -0.15) is 4.72 Å². The topological polar surface area (TPSA) is 59.1 Å². The largest absolute Gasteiger partial charge is 0.248 e. The Morgan fingerprint density at radius 3 is 2.68 bits per heavy atom. The summed E-state index contributed by atoms with van der Waals surface area (Å²) in [5, 5.41) is 2.90. The lowest BCUT2D eigenvalue weighted by Gasteiger charge is -2.23. The molecule has 0 fully saturated rings. The van der Waals surface area contributed by atoms with Crippen LogP contribution >= 0.6 is 22.9 Å². The van der Waals surface area contributed by atoms with Crippen LogP contribution in [0.25, 0.3) is 0 Å². The molecule has 2 aromatic rings. The van der Waals surface area contributed by atoms with Crippen molar-refractivity contribution < 1.29 is 8.42 Å². The van der Waals surface area contributed by atoms with Crippen LogP contribution in [0.4, 0.5) is 0 Å². The molecule has 0 amide bonds. The second kappa shape index (κ2) is 5.20. The maximum absolute atomic E-state index is 12.3. The summed E-state index contributed by atoms with van der Waals surface area (Å²) in [7, 11) is -3.63. The lowest BCUT2D eigenvalue weighted by Crippen LogP contribution is -2.40. The molecule has 0 aliphatic carbocycles. The van der Waals surface area contributed by atoms with Crippen LogP contribution in [0.5, 0.6) is 0 Å². The van der Waals surface area contributed by atoms with Crippen molar-refractivity contribution in [2.75, 3.05) is 0 Å². The van der Waals surface area contributed by atoms with Gasteiger partial charge in [-0.3, -0.25) is 0 Å². The van der Waals surface area contributed by atoms with Gasteiger partial charge in [-0.05, 0) is 32.0 Å². The summed E-state index contributed by atoms with van der Waals surface area (Å²) in [4.78, 5) is 4.29. The number of hydrogen-bond donors (Lipinski definition) is 1. The van der Waals surface area contributed by atoms with Crippen molar-refractivity contribution in [3.05, 3.63) is 45.9 Å². The molecule has 1 aromatic carbocycles. The molecular weight excluding hydrogens is 304 g/mol. The van der Waals surface area contributed by atoms with Crippen molar-refractivity contribution in [3.63, 3.8) is 0 Å². The summed E-state index contributed by atoms with van der Waals surface area (Å²) in [5.41, 5.74) is -0.769. The zero-order valence-corrected chi connectivity index (χ0v) is 12.8. The number of aromatic nitrogens is 1. The van der Waals surface area contributed by atoms with Gasteiger partial charge in [0.15, 0.2) is 0 Å². The second-order valence-electron chi connectivity index (χ2n) is 4.53. The van der Waals surface area contributed by atoms with E-state index in [1.807, 2.05) is 5.38 Å². The van der Waals surface area contributed by atoms with E-state index >= 15 is 0 Å². The molecule has 2 rings (SSSR count). The Labute approximate surface area is 121 Å². The van der Waals surface area contributed by atoms with Crippen molar-refractivity contribution >= 4 is 33.0 Å². The third kappa shape index (κ3) is 3.33. The minimum atomic E-state index is -3.63. The van der Waals surface area contributed by atoms with Crippen molar-refractivity contribution in [2.24, 2.45) is 0 Å². The van der Waals surface area contributed by atoms with Crippen LogP contribution in [0.1, 0.15) is 18.9 Å². The van der Waals surface area contributed by atoms with E-state index in [1.165, 1.54) is 23.5 Å². The Morgan fingerprint density at radius 2 is 2.11 bits per heavy atom. The molecule has 0 radical (unpaired) electrons. The second-order valence-corrected chi connectivity index (χ2v) is 7.54. The van der Waals surface area contributed by atoms with Gasteiger partial charge >= 0.3 is 0 Å². The first kappa shape index (κ1) is 14.5. The number of nitrogens with zero attached hydrogens (tertiary/aromatic N) is 1. The molecule has 0 saturated heterocycles. The van der Waals surface area contributed by atoms with Gasteiger partial charge in [0.25, 0.3) is 0 Å². The smallest absolute Gasteiger partial charge is 0.241 e. The number of halogens is 1. The van der Waals surface area contributed by atoms with E-state index < -0.39 is 15.6 Å². The Hall–Kier alpha value is -0.950. The molecule has 0 unspecified atom stereocenters. The van der Waals surface area contributed by atoms with Crippen LogP contribution in [0.3, 0.4) is 0 Å². The van der Waals surface area contributed by atoms with Crippen LogP contribution in [-0.2, 0) is 15.6 Å². The molecule has 102 valence electrons. The van der Waals surface area contributed by atoms with Crippen LogP contribution < -0.4 is 4.72 Å². The van der Waals surface area contributed by atoms with Crippen molar-refractivity contribution in [2.45, 2.75) is 24.3 Å². The average molecular weight is 317 g/mol. The van der Waals surface area contributed by atoms with E-state index in [4.69, 9.17) is 11.6 Å². The van der Waals surface area contributed by atoms with Gasteiger partial charge in [0, 0.05) is 16.6 Å². The summed E-state index contributed by atoms with van der Waals surface area (Å²) in [6.07, 6.45) is 1.65. The summed E-state index contributed by atoms with van der Waals surface area (Å²) >= 11 is 7.22. The van der Waals surface area contributed by atoms with Gasteiger partial charge in [0.2, 0.25) is 10.0 Å². The van der Waals surface area contributed by atoms with Crippen molar-refractivity contribution in [3.8, 4) is 0 Å². The third-order valence-electron chi connectivity index (χ3n) is 2.46. The van der Waals surface area contributed by atoms with Gasteiger partial charge in [-0.1, -0.05) is 17.7 Å². The molecule has 7 heteroatoms. The normalized spacial score (nSPS) is 12.6. The summed E-state index contributed by atoms with van der Waals surface area (Å²) in [6.45, 7) is 3.54. The number of nitrogens with one attached hydrogen (secondary N) is 1. The van der Waals surface area contributed by atoms with Crippen molar-refractivity contribution in [1.29, 1.82) is 0 Å². The number of rotatable bonds is 4. The van der Waals surface area contributed by atoms with E-state index in [1.54, 1.807) is 32.2 Å². The van der Waals surface area contributed by atoms with Crippen LogP contribution in [0.2, 0.25) is 5.02 Å². The zero-order valence-electron chi connectivity index (χ0n) is 10.4. The Kier molecular flexibility index (Phi) is 3.96. The standard InChI is InChI=1S/C12H13ClN2O2S2/c1-12(2,11-14-6-7-18-11)15-19(16,17)10-5-3-4-9(13)8-10/h3-8,15H,1-2H3. The molecule has 0 aliphatic rings. The molecule has 1 N–H and O–H groups in total. The fourth-order valence-corrected chi connectivity index (χ4v) is 4.07. The van der Waals surface area contributed by atoms with Crippen LogP contribution in [0, 0.1) is 0 Å². The number of sulfonamides is 1. The van der Waals surface area contributed by atoms with Gasteiger partial charge < -0.3 is 0 Å². The minimum absolute atomic E-state index is 0.143. The number of hydrogen-bond acceptors (Lipinski definition) is 4. The highest BCUT2D eigenvalue weighted by Crippen LogP contribution is 2.25. The van der Waals surface area contributed by atoms with Crippen LogP contribution in [0.15, 0.2) is 40.7 Å². The van der Waals surface area contributed by atoms with E-state index in [-0.39, 0.29) is 4.90 Å². The molecule has 1 aromatic heterocycles. The van der Waals surface area contributed by atoms with Gasteiger partial charge in [-0.25, -0.2) is 13.4 Å². The molecule has 4 nitrogen and oxygen atoms in total. The SMILES string of the molecule is CC(C)(NS(=O)(=O)c1cccc(Cl)c1)c1nccs1. The number of thiazole rings is 1. The molecule has 1 heterocycles. The first-order chi connectivity index (χ1) is 8.81. The van der Waals surface area contributed by atoms with E-state index in [2.05, 4.69) is 9.71 Å². The van der Waals surface area contributed by atoms with Crippen LogP contribution in [-0.4, -0.2) is 13.4 Å². The van der Waals surface area contributed by atoms with Crippen molar-refractivity contribution in [1.82, 2.24) is 9.71 Å². The monoisotopic (exact) mass is 316 g/mol. The average Bonchev–Trinajstić information content (AvgIpc) is 2.81. The fourth-order valence-electron chi connectivity index (χ4n) is 1.60. The molecule has 0 saturated carbocycles. The quantitative estimate of drug-likeness (QED) is 0.943. The Bertz CT molecular complexity index is 667. The Morgan fingerprint density at radius 1 is 1.37 bits per heavy atom. The fraction of sp³-hybridized carbons (Fsp3) is 0.250. The summed E-state index contributed by atoms with van der Waals surface area (Å²) in [5.74, 6) is 0. The zero-order chi connectivity index (χ0) is 14.1. The summed E-state index contributed by atoms with van der Waals surface area (Å²) in [6, 6.07) is 6.16. The summed E-state index contributed by atoms with van der Waals surface area (Å²) < 4.78 is 27.2. The van der Waals surface area contributed by atoms with Gasteiger partial charge in [0.05, 0.1) is 10.4 Å². The Balaban J connectivity index is 2.32.